The van der Waals surface area contributed by atoms with E-state index >= 15 is 0 Å². The van der Waals surface area contributed by atoms with Crippen molar-refractivity contribution in [1.82, 2.24) is 0 Å². The molecule has 0 saturated carbocycles. The van der Waals surface area contributed by atoms with Gasteiger partial charge in [-0.1, -0.05) is 6.08 Å². The van der Waals surface area contributed by atoms with Gasteiger partial charge in [0.15, 0.2) is 0 Å². The summed E-state index contributed by atoms with van der Waals surface area (Å²) in [6.07, 6.45) is 7.38. The van der Waals surface area contributed by atoms with Crippen LogP contribution in [-0.4, -0.2) is 20.7 Å². The summed E-state index contributed by atoms with van der Waals surface area (Å²) in [5.74, 6) is 0.824. The first-order chi connectivity index (χ1) is 10.3. The molecule has 0 bridgehead atoms. The van der Waals surface area contributed by atoms with Gasteiger partial charge < -0.3 is 20.8 Å². The Morgan fingerprint density at radius 2 is 2.05 bits per heavy atom. The maximum absolute atomic E-state index is 10.8. The number of nitrogens with two attached hydrogens (primary N) is 2. The molecule has 0 fully saturated rings. The molecular formula is C17H20N2O2S. The fourth-order valence-electron chi connectivity index (χ4n) is 3.29. The molecule has 2 aliphatic heterocycles. The predicted molar refractivity (Wildman–Crippen MR) is 92.0 cm³/mol. The summed E-state index contributed by atoms with van der Waals surface area (Å²) in [6, 6.07) is 3.99. The summed E-state index contributed by atoms with van der Waals surface area (Å²) < 4.78 is 16.8. The Morgan fingerprint density at radius 1 is 1.27 bits per heavy atom. The van der Waals surface area contributed by atoms with Gasteiger partial charge >= 0.3 is 0 Å². The molecule has 0 saturated heterocycles. The minimum atomic E-state index is -0.906. The summed E-state index contributed by atoms with van der Waals surface area (Å²) in [5.41, 5.74) is 14.1. The lowest BCUT2D eigenvalue weighted by Gasteiger charge is -2.29. The van der Waals surface area contributed by atoms with Crippen molar-refractivity contribution in [3.63, 3.8) is 0 Å². The van der Waals surface area contributed by atoms with Crippen LogP contribution in [0.1, 0.15) is 37.8 Å². The quantitative estimate of drug-likeness (QED) is 0.508. The molecule has 5 N–H and O–H groups in total. The number of rotatable bonds is 0. The van der Waals surface area contributed by atoms with Gasteiger partial charge in [-0.3, -0.25) is 0 Å². The Hall–Kier alpha value is -1.40. The Labute approximate surface area is 132 Å². The fourth-order valence-corrected chi connectivity index (χ4v) is 4.97. The third kappa shape index (κ3) is 2.01. The van der Waals surface area contributed by atoms with Crippen LogP contribution in [0.5, 0.6) is 5.75 Å². The number of ether oxygens (including phenoxy) is 1. The van der Waals surface area contributed by atoms with Crippen molar-refractivity contribution in [1.29, 1.82) is 0 Å². The van der Waals surface area contributed by atoms with E-state index in [0.717, 1.165) is 38.6 Å². The lowest BCUT2D eigenvalue weighted by Crippen LogP contribution is -2.49. The van der Waals surface area contributed by atoms with Crippen LogP contribution in [0.2, 0.25) is 0 Å². The second kappa shape index (κ2) is 4.32. The summed E-state index contributed by atoms with van der Waals surface area (Å²) in [5, 5.41) is 0. The minimum absolute atomic E-state index is 0.323. The standard InChI is InChI=1S/C17H20N2O2S/c1-16(2)7-5-11-13(21-16)4-3-10-12-9-17(18,19)8-6-14(12)22(20)15(10)11/h3-5,7,9,20H,6,8,18-19H2,1-2H3. The van der Waals surface area contributed by atoms with Gasteiger partial charge in [-0.2, -0.15) is 0 Å². The van der Waals surface area contributed by atoms with Gasteiger partial charge in [0.05, 0.1) is 5.66 Å². The van der Waals surface area contributed by atoms with E-state index in [-0.39, 0.29) is 5.60 Å². The van der Waals surface area contributed by atoms with E-state index in [1.807, 2.05) is 38.1 Å². The van der Waals surface area contributed by atoms with E-state index in [2.05, 4.69) is 6.08 Å². The van der Waals surface area contributed by atoms with Crippen molar-refractivity contribution in [2.45, 2.75) is 42.8 Å². The van der Waals surface area contributed by atoms with Gasteiger partial charge in [-0.05, 0) is 72.9 Å². The van der Waals surface area contributed by atoms with Crippen LogP contribution >= 0.6 is 10.8 Å². The predicted octanol–water partition coefficient (Wildman–Crippen LogP) is 2.95. The van der Waals surface area contributed by atoms with Crippen molar-refractivity contribution in [3.05, 3.63) is 35.4 Å². The van der Waals surface area contributed by atoms with Gasteiger partial charge in [0.25, 0.3) is 0 Å². The zero-order chi connectivity index (χ0) is 15.7. The lowest BCUT2D eigenvalue weighted by molar-refractivity contribution is 0.158. The highest BCUT2D eigenvalue weighted by Crippen LogP contribution is 2.51. The Balaban J connectivity index is 1.95. The number of benzene rings is 1. The summed E-state index contributed by atoms with van der Waals surface area (Å²) in [4.78, 5) is 2.00. The van der Waals surface area contributed by atoms with Crippen molar-refractivity contribution in [2.24, 2.45) is 11.5 Å². The molecule has 4 nitrogen and oxygen atoms in total. The first kappa shape index (κ1) is 14.2. The zero-order valence-corrected chi connectivity index (χ0v) is 13.5. The molecule has 2 heterocycles. The Bertz CT molecular complexity index is 788. The minimum Gasteiger partial charge on any atom is -0.483 e. The molecule has 1 aliphatic carbocycles. The molecule has 116 valence electrons. The average molecular weight is 316 g/mol. The lowest BCUT2D eigenvalue weighted by atomic mass is 9.87. The molecule has 3 aliphatic rings. The fraction of sp³-hybridized carbons (Fsp3) is 0.353. The van der Waals surface area contributed by atoms with Crippen LogP contribution in [0.3, 0.4) is 0 Å². The van der Waals surface area contributed by atoms with Crippen LogP contribution in [0.15, 0.2) is 29.2 Å². The zero-order valence-electron chi connectivity index (χ0n) is 12.7. The molecule has 0 radical (unpaired) electrons. The second-order valence-electron chi connectivity index (χ2n) is 6.77. The number of hydrogen-bond acceptors (Lipinski definition) is 4. The highest BCUT2D eigenvalue weighted by Gasteiger charge is 2.35. The van der Waals surface area contributed by atoms with Gasteiger partial charge in [0.2, 0.25) is 0 Å². The molecule has 0 amide bonds. The maximum Gasteiger partial charge on any atom is 0.129 e. The van der Waals surface area contributed by atoms with Crippen LogP contribution in [0, 0.1) is 0 Å². The van der Waals surface area contributed by atoms with E-state index in [1.54, 1.807) is 0 Å². The summed E-state index contributed by atoms with van der Waals surface area (Å²) in [7, 11) is -0.906. The summed E-state index contributed by atoms with van der Waals surface area (Å²) in [6.45, 7) is 4.04. The van der Waals surface area contributed by atoms with E-state index < -0.39 is 16.4 Å². The average Bonchev–Trinajstić information content (AvgIpc) is 2.69. The smallest absolute Gasteiger partial charge is 0.129 e. The highest BCUT2D eigenvalue weighted by molar-refractivity contribution is 8.12. The van der Waals surface area contributed by atoms with Crippen LogP contribution in [0.25, 0.3) is 11.6 Å². The third-order valence-electron chi connectivity index (χ3n) is 4.40. The molecule has 22 heavy (non-hydrogen) atoms. The van der Waals surface area contributed by atoms with Crippen molar-refractivity contribution >= 4 is 27.3 Å². The van der Waals surface area contributed by atoms with Gasteiger partial charge in [0, 0.05) is 15.3 Å². The first-order valence-electron chi connectivity index (χ1n) is 7.43. The molecule has 0 aromatic heterocycles. The van der Waals surface area contributed by atoms with Crippen molar-refractivity contribution < 1.29 is 9.29 Å². The first-order valence-corrected chi connectivity index (χ1v) is 8.61. The van der Waals surface area contributed by atoms with Crippen LogP contribution in [0.4, 0.5) is 0 Å². The number of fused-ring (bicyclic) bond motifs is 5. The topological polar surface area (TPSA) is 81.5 Å². The molecule has 1 aromatic carbocycles. The summed E-state index contributed by atoms with van der Waals surface area (Å²) >= 11 is 0. The van der Waals surface area contributed by atoms with E-state index in [1.165, 1.54) is 0 Å². The molecule has 1 aromatic rings. The van der Waals surface area contributed by atoms with E-state index in [0.29, 0.717) is 6.42 Å². The third-order valence-corrected chi connectivity index (χ3v) is 6.11. The molecule has 0 spiro atoms. The van der Waals surface area contributed by atoms with Gasteiger partial charge in [-0.15, -0.1) is 0 Å². The molecule has 1 atom stereocenters. The Morgan fingerprint density at radius 3 is 2.82 bits per heavy atom. The number of allylic oxidation sites excluding steroid dienone is 1. The normalized spacial score (nSPS) is 26.7. The van der Waals surface area contributed by atoms with E-state index in [9.17, 15) is 4.55 Å². The monoisotopic (exact) mass is 316 g/mol. The largest absolute Gasteiger partial charge is 0.483 e. The van der Waals surface area contributed by atoms with Crippen LogP contribution in [-0.2, 0) is 0 Å². The highest BCUT2D eigenvalue weighted by atomic mass is 32.2. The van der Waals surface area contributed by atoms with Crippen molar-refractivity contribution in [3.8, 4) is 5.75 Å². The van der Waals surface area contributed by atoms with Gasteiger partial charge in [-0.25, -0.2) is 0 Å². The number of hydrogen-bond donors (Lipinski definition) is 3. The molecule has 5 heteroatoms. The molecular weight excluding hydrogens is 296 g/mol. The SMILES string of the molecule is CC1(C)C=Cc2c(ccc3c2S(O)=C2CCC(N)(N)C=C23)O1. The molecule has 1 unspecified atom stereocenters. The maximum atomic E-state index is 10.8. The van der Waals surface area contributed by atoms with Gasteiger partial charge in [0.1, 0.15) is 11.4 Å². The van der Waals surface area contributed by atoms with E-state index in [4.69, 9.17) is 16.2 Å². The van der Waals surface area contributed by atoms with Crippen LogP contribution < -0.4 is 16.2 Å². The second-order valence-corrected chi connectivity index (χ2v) is 8.24. The molecule has 4 rings (SSSR count). The van der Waals surface area contributed by atoms with Crippen molar-refractivity contribution in [2.75, 3.05) is 0 Å². The Kier molecular flexibility index (Phi) is 2.79.